The van der Waals surface area contributed by atoms with Crippen LogP contribution in [0, 0.1) is 11.6 Å². The Hall–Kier alpha value is -2.83. The first-order chi connectivity index (χ1) is 11.5. The number of anilines is 1. The van der Waals surface area contributed by atoms with Crippen LogP contribution in [0.1, 0.15) is 5.56 Å². The molecule has 128 valence electrons. The summed E-state index contributed by atoms with van der Waals surface area (Å²) in [6.07, 6.45) is -0.0830. The predicted molar refractivity (Wildman–Crippen MR) is 84.8 cm³/mol. The van der Waals surface area contributed by atoms with Crippen LogP contribution in [0.2, 0.25) is 0 Å². The highest BCUT2D eigenvalue weighted by Gasteiger charge is 2.18. The summed E-state index contributed by atoms with van der Waals surface area (Å²) in [7, 11) is 4.39. The van der Waals surface area contributed by atoms with Crippen molar-refractivity contribution in [1.29, 1.82) is 0 Å². The minimum Gasteiger partial charge on any atom is -0.493 e. The van der Waals surface area contributed by atoms with Crippen LogP contribution in [0.4, 0.5) is 14.5 Å². The smallest absolute Gasteiger partial charge is 0.229 e. The van der Waals surface area contributed by atoms with Crippen LogP contribution >= 0.6 is 0 Å². The summed E-state index contributed by atoms with van der Waals surface area (Å²) in [5.41, 5.74) is 0.441. The number of halogens is 2. The van der Waals surface area contributed by atoms with Gasteiger partial charge in [0, 0.05) is 11.6 Å². The molecule has 0 aromatic heterocycles. The molecule has 24 heavy (non-hydrogen) atoms. The lowest BCUT2D eigenvalue weighted by Gasteiger charge is -2.15. The van der Waals surface area contributed by atoms with Crippen molar-refractivity contribution >= 4 is 11.6 Å². The zero-order valence-corrected chi connectivity index (χ0v) is 13.5. The molecule has 2 rings (SSSR count). The lowest BCUT2D eigenvalue weighted by atomic mass is 10.1. The molecule has 0 aliphatic carbocycles. The molecule has 2 aromatic rings. The van der Waals surface area contributed by atoms with Crippen molar-refractivity contribution in [2.45, 2.75) is 6.42 Å². The SMILES string of the molecule is COc1ccc(CC(=O)Nc2ccc(F)cc2F)c(OC)c1OC. The topological polar surface area (TPSA) is 56.8 Å². The van der Waals surface area contributed by atoms with E-state index in [4.69, 9.17) is 14.2 Å². The van der Waals surface area contributed by atoms with Crippen molar-refractivity contribution in [3.8, 4) is 17.2 Å². The molecular formula is C17H17F2NO4. The van der Waals surface area contributed by atoms with Crippen molar-refractivity contribution in [3.05, 3.63) is 47.5 Å². The molecule has 0 saturated heterocycles. The fourth-order valence-corrected chi connectivity index (χ4v) is 2.26. The van der Waals surface area contributed by atoms with Gasteiger partial charge >= 0.3 is 0 Å². The number of amides is 1. The Morgan fingerprint density at radius 3 is 2.29 bits per heavy atom. The van der Waals surface area contributed by atoms with E-state index in [0.29, 0.717) is 28.9 Å². The van der Waals surface area contributed by atoms with Crippen LogP contribution in [0.15, 0.2) is 30.3 Å². The van der Waals surface area contributed by atoms with Gasteiger partial charge in [0.2, 0.25) is 11.7 Å². The number of benzene rings is 2. The third kappa shape index (κ3) is 3.73. The Kier molecular flexibility index (Phi) is 5.57. The lowest BCUT2D eigenvalue weighted by Crippen LogP contribution is -2.16. The number of ether oxygens (including phenoxy) is 3. The molecule has 0 bridgehead atoms. The number of methoxy groups -OCH3 is 3. The largest absolute Gasteiger partial charge is 0.493 e. The van der Waals surface area contributed by atoms with Crippen molar-refractivity contribution in [2.24, 2.45) is 0 Å². The number of hydrogen-bond donors (Lipinski definition) is 1. The molecule has 0 saturated carbocycles. The third-order valence-corrected chi connectivity index (χ3v) is 3.34. The van der Waals surface area contributed by atoms with Gasteiger partial charge in [-0.15, -0.1) is 0 Å². The summed E-state index contributed by atoms with van der Waals surface area (Å²) in [6.45, 7) is 0. The Bertz CT molecular complexity index is 750. The van der Waals surface area contributed by atoms with Gasteiger partial charge in [0.05, 0.1) is 33.4 Å². The average molecular weight is 337 g/mol. The van der Waals surface area contributed by atoms with Gasteiger partial charge in [-0.1, -0.05) is 6.07 Å². The summed E-state index contributed by atoms with van der Waals surface area (Å²) >= 11 is 0. The van der Waals surface area contributed by atoms with Gasteiger partial charge in [0.25, 0.3) is 0 Å². The van der Waals surface area contributed by atoms with Crippen LogP contribution in [0.25, 0.3) is 0 Å². The van der Waals surface area contributed by atoms with Gasteiger partial charge in [0.15, 0.2) is 11.5 Å². The normalized spacial score (nSPS) is 10.2. The molecule has 0 heterocycles. The Balaban J connectivity index is 2.22. The molecular weight excluding hydrogens is 320 g/mol. The first-order valence-corrected chi connectivity index (χ1v) is 7.03. The van der Waals surface area contributed by atoms with Crippen molar-refractivity contribution in [3.63, 3.8) is 0 Å². The molecule has 1 amide bonds. The van der Waals surface area contributed by atoms with Crippen molar-refractivity contribution < 1.29 is 27.8 Å². The highest BCUT2D eigenvalue weighted by Crippen LogP contribution is 2.39. The van der Waals surface area contributed by atoms with E-state index in [9.17, 15) is 13.6 Å². The molecule has 0 aliphatic rings. The van der Waals surface area contributed by atoms with E-state index >= 15 is 0 Å². The number of hydrogen-bond acceptors (Lipinski definition) is 4. The molecule has 0 fully saturated rings. The predicted octanol–water partition coefficient (Wildman–Crippen LogP) is 3.17. The summed E-state index contributed by atoms with van der Waals surface area (Å²) in [5, 5.41) is 2.40. The number of rotatable bonds is 6. The van der Waals surface area contributed by atoms with Crippen LogP contribution in [-0.4, -0.2) is 27.2 Å². The average Bonchev–Trinajstić information content (AvgIpc) is 2.56. The van der Waals surface area contributed by atoms with Crippen molar-refractivity contribution in [1.82, 2.24) is 0 Å². The minimum atomic E-state index is -0.845. The van der Waals surface area contributed by atoms with Crippen LogP contribution in [0.5, 0.6) is 17.2 Å². The molecule has 0 radical (unpaired) electrons. The number of nitrogens with one attached hydrogen (secondary N) is 1. The third-order valence-electron chi connectivity index (χ3n) is 3.34. The summed E-state index contributed by atoms with van der Waals surface area (Å²) in [6, 6.07) is 6.22. The summed E-state index contributed by atoms with van der Waals surface area (Å²) in [4.78, 5) is 12.1. The van der Waals surface area contributed by atoms with Gasteiger partial charge in [-0.2, -0.15) is 0 Å². The lowest BCUT2D eigenvalue weighted by molar-refractivity contribution is -0.115. The number of carbonyl (C=O) groups excluding carboxylic acids is 1. The van der Waals surface area contributed by atoms with Gasteiger partial charge in [-0.05, 0) is 18.2 Å². The standard InChI is InChI=1S/C17H17F2NO4/c1-22-14-7-4-10(16(23-2)17(14)24-3)8-15(21)20-13-6-5-11(18)9-12(13)19/h4-7,9H,8H2,1-3H3,(H,20,21). The quantitative estimate of drug-likeness (QED) is 0.880. The zero-order valence-electron chi connectivity index (χ0n) is 13.5. The van der Waals surface area contributed by atoms with E-state index < -0.39 is 17.5 Å². The second-order valence-corrected chi connectivity index (χ2v) is 4.84. The minimum absolute atomic E-state index is 0.0830. The van der Waals surface area contributed by atoms with E-state index in [0.717, 1.165) is 12.1 Å². The maximum Gasteiger partial charge on any atom is 0.229 e. The summed E-state index contributed by atoms with van der Waals surface area (Å²) in [5.74, 6) is -0.867. The maximum absolute atomic E-state index is 13.6. The molecule has 0 spiro atoms. The Labute approximate surface area is 138 Å². The Morgan fingerprint density at radius 2 is 1.71 bits per heavy atom. The van der Waals surface area contributed by atoms with E-state index in [1.807, 2.05) is 0 Å². The fourth-order valence-electron chi connectivity index (χ4n) is 2.26. The second-order valence-electron chi connectivity index (χ2n) is 4.84. The second kappa shape index (κ2) is 7.63. The fraction of sp³-hybridized carbons (Fsp3) is 0.235. The maximum atomic E-state index is 13.6. The van der Waals surface area contributed by atoms with E-state index in [1.54, 1.807) is 12.1 Å². The molecule has 1 N–H and O–H groups in total. The molecule has 2 aromatic carbocycles. The zero-order chi connectivity index (χ0) is 17.7. The molecule has 0 atom stereocenters. The molecule has 7 heteroatoms. The van der Waals surface area contributed by atoms with Gasteiger partial charge < -0.3 is 19.5 Å². The highest BCUT2D eigenvalue weighted by atomic mass is 19.1. The van der Waals surface area contributed by atoms with Gasteiger partial charge in [-0.25, -0.2) is 8.78 Å². The van der Waals surface area contributed by atoms with Crippen LogP contribution < -0.4 is 19.5 Å². The summed E-state index contributed by atoms with van der Waals surface area (Å²) < 4.78 is 42.2. The van der Waals surface area contributed by atoms with Gasteiger partial charge in [-0.3, -0.25) is 4.79 Å². The van der Waals surface area contributed by atoms with E-state index in [2.05, 4.69) is 5.32 Å². The first-order valence-electron chi connectivity index (χ1n) is 7.03. The monoisotopic (exact) mass is 337 g/mol. The molecule has 5 nitrogen and oxygen atoms in total. The molecule has 0 aliphatic heterocycles. The highest BCUT2D eigenvalue weighted by molar-refractivity contribution is 5.93. The van der Waals surface area contributed by atoms with Crippen molar-refractivity contribution in [2.75, 3.05) is 26.6 Å². The number of carbonyl (C=O) groups is 1. The Morgan fingerprint density at radius 1 is 1.00 bits per heavy atom. The van der Waals surface area contributed by atoms with Crippen LogP contribution in [-0.2, 0) is 11.2 Å². The van der Waals surface area contributed by atoms with Crippen LogP contribution in [0.3, 0.4) is 0 Å². The van der Waals surface area contributed by atoms with E-state index in [-0.39, 0.29) is 12.1 Å². The first kappa shape index (κ1) is 17.5. The van der Waals surface area contributed by atoms with E-state index in [1.165, 1.54) is 21.3 Å². The molecule has 0 unspecified atom stereocenters. The van der Waals surface area contributed by atoms with Gasteiger partial charge in [0.1, 0.15) is 11.6 Å².